The summed E-state index contributed by atoms with van der Waals surface area (Å²) in [4.78, 5) is 40.6. The zero-order valence-corrected chi connectivity index (χ0v) is 18.5. The molecule has 4 heterocycles. The van der Waals surface area contributed by atoms with Gasteiger partial charge < -0.3 is 9.30 Å². The number of aromatic nitrogens is 4. The summed E-state index contributed by atoms with van der Waals surface area (Å²) in [6.45, 7) is 5.15. The van der Waals surface area contributed by atoms with Crippen LogP contribution in [0.2, 0.25) is 0 Å². The Hall–Kier alpha value is -4.12. The Morgan fingerprint density at radius 3 is 2.59 bits per heavy atom. The van der Waals surface area contributed by atoms with Crippen LogP contribution in [0.15, 0.2) is 48.9 Å². The van der Waals surface area contributed by atoms with E-state index in [1.807, 2.05) is 21.4 Å². The topological polar surface area (TPSA) is 108 Å². The largest absolute Gasteiger partial charge is 0.340 e. The van der Waals surface area contributed by atoms with Gasteiger partial charge in [-0.3, -0.25) is 30.3 Å². The van der Waals surface area contributed by atoms with Gasteiger partial charge in [0.2, 0.25) is 5.91 Å². The van der Waals surface area contributed by atoms with Crippen LogP contribution in [0.5, 0.6) is 0 Å². The Morgan fingerprint density at radius 1 is 1.06 bits per heavy atom. The second-order valence-electron chi connectivity index (χ2n) is 8.09. The third-order valence-corrected chi connectivity index (χ3v) is 5.91. The fraction of sp³-hybridized carbons (Fsp3) is 0.261. The van der Waals surface area contributed by atoms with Gasteiger partial charge in [-0.15, -0.1) is 0 Å². The number of anilines is 1. The Balaban J connectivity index is 1.46. The fourth-order valence-electron chi connectivity index (χ4n) is 4.16. The van der Waals surface area contributed by atoms with Crippen LogP contribution >= 0.6 is 0 Å². The number of hydrogen-bond donors (Lipinski definition) is 2. The van der Waals surface area contributed by atoms with Crippen LogP contribution in [-0.4, -0.2) is 67.1 Å². The highest BCUT2D eigenvalue weighted by Gasteiger charge is 2.21. The lowest BCUT2D eigenvalue weighted by Gasteiger charge is -2.34. The first-order valence-corrected chi connectivity index (χ1v) is 10.9. The van der Waals surface area contributed by atoms with Crippen molar-refractivity contribution in [1.82, 2.24) is 34.6 Å². The molecular weight excluding hydrogens is 439 g/mol. The predicted octanol–water partition coefficient (Wildman–Crippen LogP) is 1.84. The molecule has 10 nitrogen and oxygen atoms in total. The van der Waals surface area contributed by atoms with E-state index in [0.717, 1.165) is 29.8 Å². The number of halogens is 1. The monoisotopic (exact) mass is 462 g/mol. The van der Waals surface area contributed by atoms with E-state index in [9.17, 15) is 14.0 Å². The Kier molecular flexibility index (Phi) is 5.76. The maximum Gasteiger partial charge on any atom is 0.289 e. The van der Waals surface area contributed by atoms with Crippen LogP contribution < -0.4 is 10.9 Å². The molecule has 3 aromatic heterocycles. The van der Waals surface area contributed by atoms with Gasteiger partial charge in [-0.25, -0.2) is 14.4 Å². The van der Waals surface area contributed by atoms with Crippen LogP contribution in [0.1, 0.15) is 23.1 Å². The van der Waals surface area contributed by atoms with Crippen molar-refractivity contribution in [3.63, 3.8) is 0 Å². The molecule has 2 N–H and O–H groups in total. The quantitative estimate of drug-likeness (QED) is 0.436. The van der Waals surface area contributed by atoms with Crippen molar-refractivity contribution >= 4 is 34.2 Å². The fourth-order valence-corrected chi connectivity index (χ4v) is 4.16. The summed E-state index contributed by atoms with van der Waals surface area (Å²) in [5, 5.41) is 0. The summed E-state index contributed by atoms with van der Waals surface area (Å²) >= 11 is 0. The van der Waals surface area contributed by atoms with Crippen molar-refractivity contribution in [3.05, 3.63) is 66.1 Å². The molecule has 1 aromatic carbocycles. The normalized spacial score (nSPS) is 14.5. The zero-order chi connectivity index (χ0) is 23.7. The van der Waals surface area contributed by atoms with E-state index in [4.69, 9.17) is 0 Å². The van der Waals surface area contributed by atoms with Gasteiger partial charge in [-0.05, 0) is 24.3 Å². The van der Waals surface area contributed by atoms with Gasteiger partial charge in [-0.2, -0.15) is 0 Å². The van der Waals surface area contributed by atoms with Gasteiger partial charge >= 0.3 is 0 Å². The molecule has 0 atom stereocenters. The second-order valence-corrected chi connectivity index (χ2v) is 8.09. The van der Waals surface area contributed by atoms with Crippen LogP contribution in [0.3, 0.4) is 0 Å². The number of benzene rings is 1. The molecule has 4 aromatic rings. The standard InChI is InChI=1S/C23H23FN8O2/c1-15(33)31-10-8-30(9-11-31)14-17-3-5-21-22(28-29-23(34)19-13-25-6-7-26-19)27-18-12-16(24)2-4-20(18)32(17)21/h2-7,12-13H,8-11,14H2,1H3,(H,27,28)(H,29,34). The Labute approximate surface area is 194 Å². The van der Waals surface area contributed by atoms with E-state index < -0.39 is 11.7 Å². The van der Waals surface area contributed by atoms with Gasteiger partial charge in [-0.1, -0.05) is 0 Å². The average molecular weight is 462 g/mol. The van der Waals surface area contributed by atoms with Crippen LogP contribution in [0, 0.1) is 5.82 Å². The molecular formula is C23H23FN8O2. The number of rotatable bonds is 5. The third-order valence-electron chi connectivity index (χ3n) is 5.91. The summed E-state index contributed by atoms with van der Waals surface area (Å²) in [6.07, 6.45) is 4.27. The number of carbonyl (C=O) groups is 2. The number of hydrogen-bond acceptors (Lipinski definition) is 7. The molecule has 1 aliphatic heterocycles. The highest BCUT2D eigenvalue weighted by Crippen LogP contribution is 2.26. The van der Waals surface area contributed by atoms with Gasteiger partial charge in [0.1, 0.15) is 11.5 Å². The molecule has 1 aliphatic rings. The molecule has 0 aliphatic carbocycles. The Bertz CT molecular complexity index is 1370. The molecule has 1 fully saturated rings. The lowest BCUT2D eigenvalue weighted by molar-refractivity contribution is -0.130. The smallest absolute Gasteiger partial charge is 0.289 e. The molecule has 11 heteroatoms. The summed E-state index contributed by atoms with van der Waals surface area (Å²) in [6, 6.07) is 8.37. The summed E-state index contributed by atoms with van der Waals surface area (Å²) in [5.41, 5.74) is 8.52. The minimum Gasteiger partial charge on any atom is -0.340 e. The van der Waals surface area contributed by atoms with E-state index in [-0.39, 0.29) is 11.6 Å². The maximum absolute atomic E-state index is 14.0. The summed E-state index contributed by atoms with van der Waals surface area (Å²) in [5.74, 6) is -0.403. The number of nitrogens with one attached hydrogen (secondary N) is 2. The van der Waals surface area contributed by atoms with Crippen molar-refractivity contribution in [1.29, 1.82) is 0 Å². The van der Waals surface area contributed by atoms with E-state index in [1.54, 1.807) is 13.0 Å². The number of hydrazine groups is 1. The first kappa shape index (κ1) is 21.7. The molecule has 0 unspecified atom stereocenters. The van der Waals surface area contributed by atoms with Crippen LogP contribution in [0.25, 0.3) is 16.6 Å². The highest BCUT2D eigenvalue weighted by molar-refractivity contribution is 5.93. The van der Waals surface area contributed by atoms with Gasteiger partial charge in [0.15, 0.2) is 5.82 Å². The van der Waals surface area contributed by atoms with Crippen molar-refractivity contribution in [2.24, 2.45) is 0 Å². The first-order valence-electron chi connectivity index (χ1n) is 10.9. The van der Waals surface area contributed by atoms with E-state index in [1.165, 1.54) is 30.7 Å². The SMILES string of the molecule is CC(=O)N1CCN(Cc2ccc3c(NNC(=O)c4cnccn4)nc4cc(F)ccc4n23)CC1. The minimum absolute atomic E-state index is 0.0890. The third kappa shape index (κ3) is 4.25. The van der Waals surface area contributed by atoms with Gasteiger partial charge in [0, 0.05) is 63.8 Å². The van der Waals surface area contributed by atoms with E-state index in [2.05, 4.69) is 30.7 Å². The molecule has 1 saturated heterocycles. The van der Waals surface area contributed by atoms with E-state index in [0.29, 0.717) is 31.0 Å². The molecule has 0 bridgehead atoms. The first-order chi connectivity index (χ1) is 16.5. The number of carbonyl (C=O) groups excluding carboxylic acids is 2. The second kappa shape index (κ2) is 9.02. The molecule has 2 amide bonds. The van der Waals surface area contributed by atoms with Crippen LogP contribution in [-0.2, 0) is 11.3 Å². The summed E-state index contributed by atoms with van der Waals surface area (Å²) < 4.78 is 16.0. The molecule has 34 heavy (non-hydrogen) atoms. The van der Waals surface area contributed by atoms with E-state index >= 15 is 0 Å². The van der Waals surface area contributed by atoms with Gasteiger partial charge in [0.05, 0.1) is 22.7 Å². The van der Waals surface area contributed by atoms with Crippen molar-refractivity contribution in [3.8, 4) is 0 Å². The lowest BCUT2D eigenvalue weighted by atomic mass is 10.2. The van der Waals surface area contributed by atoms with Gasteiger partial charge in [0.25, 0.3) is 5.91 Å². The minimum atomic E-state index is -0.470. The van der Waals surface area contributed by atoms with Crippen molar-refractivity contribution < 1.29 is 14.0 Å². The predicted molar refractivity (Wildman–Crippen MR) is 123 cm³/mol. The van der Waals surface area contributed by atoms with Crippen molar-refractivity contribution in [2.45, 2.75) is 13.5 Å². The molecule has 0 radical (unpaired) electrons. The highest BCUT2D eigenvalue weighted by atomic mass is 19.1. The number of fused-ring (bicyclic) bond motifs is 3. The van der Waals surface area contributed by atoms with Crippen LogP contribution in [0.4, 0.5) is 10.2 Å². The lowest BCUT2D eigenvalue weighted by Crippen LogP contribution is -2.47. The molecule has 0 spiro atoms. The molecule has 174 valence electrons. The zero-order valence-electron chi connectivity index (χ0n) is 18.5. The number of piperazine rings is 1. The number of nitrogens with zero attached hydrogens (tertiary/aromatic N) is 6. The molecule has 5 rings (SSSR count). The van der Waals surface area contributed by atoms with Crippen molar-refractivity contribution in [2.75, 3.05) is 31.6 Å². The molecule has 0 saturated carbocycles. The summed E-state index contributed by atoms with van der Waals surface area (Å²) in [7, 11) is 0. The number of amides is 2. The average Bonchev–Trinajstić information content (AvgIpc) is 3.27. The Morgan fingerprint density at radius 2 is 1.85 bits per heavy atom. The maximum atomic E-state index is 14.0.